The van der Waals surface area contributed by atoms with Crippen molar-refractivity contribution in [1.29, 1.82) is 0 Å². The van der Waals surface area contributed by atoms with Crippen molar-refractivity contribution in [3.8, 4) is 17.1 Å². The minimum atomic E-state index is 0.813. The first-order chi connectivity index (χ1) is 23.3. The normalized spacial score (nSPS) is 12.7. The highest BCUT2D eigenvalue weighted by Gasteiger charge is 2.27. The van der Waals surface area contributed by atoms with Crippen LogP contribution in [0.2, 0.25) is 0 Å². The van der Waals surface area contributed by atoms with Crippen LogP contribution < -0.4 is 0 Å². The molecule has 0 radical (unpaired) electrons. The summed E-state index contributed by atoms with van der Waals surface area (Å²) in [5.41, 5.74) is 11.2. The summed E-state index contributed by atoms with van der Waals surface area (Å²) >= 11 is 0. The van der Waals surface area contributed by atoms with Crippen molar-refractivity contribution in [2.75, 3.05) is 0 Å². The molecule has 0 amide bonds. The fourth-order valence-corrected chi connectivity index (χ4v) is 8.35. The van der Waals surface area contributed by atoms with E-state index in [2.05, 4.69) is 124 Å². The van der Waals surface area contributed by atoms with Crippen LogP contribution in [0.15, 0.2) is 138 Å². The SMILES string of the molecule is c1ccc2c(-c3nc4ccccc4nc3-n3c4ccc5oc6ccc7c8ccccc8n8c9cccc3c9c4c5c6c78)cccc2c1. The van der Waals surface area contributed by atoms with E-state index >= 15 is 0 Å². The van der Waals surface area contributed by atoms with Crippen LogP contribution in [0.25, 0.3) is 110 Å². The van der Waals surface area contributed by atoms with Crippen molar-refractivity contribution < 1.29 is 4.42 Å². The molecule has 0 unspecified atom stereocenters. The number of rotatable bonds is 2. The van der Waals surface area contributed by atoms with Gasteiger partial charge in [-0.25, -0.2) is 9.97 Å². The van der Waals surface area contributed by atoms with Gasteiger partial charge < -0.3 is 8.82 Å². The zero-order valence-corrected chi connectivity index (χ0v) is 24.9. The minimum Gasteiger partial charge on any atom is -0.456 e. The molecule has 0 aliphatic heterocycles. The lowest BCUT2D eigenvalue weighted by Crippen LogP contribution is -2.04. The average molecular weight is 599 g/mol. The monoisotopic (exact) mass is 598 g/mol. The van der Waals surface area contributed by atoms with Crippen LogP contribution in [0, 0.1) is 0 Å². The third-order valence-electron chi connectivity index (χ3n) is 10.2. The Morgan fingerprint density at radius 2 is 1.13 bits per heavy atom. The number of hydrogen-bond acceptors (Lipinski definition) is 3. The summed E-state index contributed by atoms with van der Waals surface area (Å²) in [6.45, 7) is 0. The highest BCUT2D eigenvalue weighted by molar-refractivity contribution is 6.37. The Bertz CT molecular complexity index is 3240. The van der Waals surface area contributed by atoms with Gasteiger partial charge in [0.15, 0.2) is 5.82 Å². The Morgan fingerprint density at radius 3 is 2.06 bits per heavy atom. The first kappa shape index (κ1) is 23.9. The van der Waals surface area contributed by atoms with Crippen LogP contribution in [0.4, 0.5) is 0 Å². The van der Waals surface area contributed by atoms with Gasteiger partial charge in [-0.15, -0.1) is 0 Å². The summed E-state index contributed by atoms with van der Waals surface area (Å²) in [4.78, 5) is 10.8. The lowest BCUT2D eigenvalue weighted by atomic mass is 10.0. The van der Waals surface area contributed by atoms with Gasteiger partial charge in [0.2, 0.25) is 0 Å². The lowest BCUT2D eigenvalue weighted by Gasteiger charge is -2.15. The fourth-order valence-electron chi connectivity index (χ4n) is 8.35. The van der Waals surface area contributed by atoms with Crippen LogP contribution in [-0.4, -0.2) is 18.9 Å². The molecule has 216 valence electrons. The summed E-state index contributed by atoms with van der Waals surface area (Å²) in [7, 11) is 0. The summed E-state index contributed by atoms with van der Waals surface area (Å²) in [5.74, 6) is 0.813. The number of nitrogens with zero attached hydrogens (tertiary/aromatic N) is 4. The molecule has 0 spiro atoms. The van der Waals surface area contributed by atoms with Crippen molar-refractivity contribution in [2.24, 2.45) is 0 Å². The Hall–Kier alpha value is -6.46. The number of fused-ring (bicyclic) bond motifs is 6. The van der Waals surface area contributed by atoms with Crippen molar-refractivity contribution in [3.05, 3.63) is 133 Å². The van der Waals surface area contributed by atoms with E-state index < -0.39 is 0 Å². The molecular weight excluding hydrogens is 576 g/mol. The predicted octanol–water partition coefficient (Wildman–Crippen LogP) is 10.9. The van der Waals surface area contributed by atoms with Gasteiger partial charge in [-0.1, -0.05) is 78.9 Å². The lowest BCUT2D eigenvalue weighted by molar-refractivity contribution is 0.669. The fraction of sp³-hybridized carbons (Fsp3) is 0. The van der Waals surface area contributed by atoms with E-state index in [9.17, 15) is 0 Å². The Morgan fingerprint density at radius 1 is 0.447 bits per heavy atom. The number of furan rings is 1. The molecule has 12 rings (SSSR count). The molecule has 0 saturated carbocycles. The van der Waals surface area contributed by atoms with Crippen LogP contribution in [0.1, 0.15) is 0 Å². The number of aromatic nitrogens is 4. The third-order valence-corrected chi connectivity index (χ3v) is 10.2. The second-order valence-corrected chi connectivity index (χ2v) is 12.5. The molecule has 5 aromatic heterocycles. The number of para-hydroxylation sites is 3. The number of hydrogen-bond donors (Lipinski definition) is 0. The highest BCUT2D eigenvalue weighted by atomic mass is 16.3. The Kier molecular flexibility index (Phi) is 4.17. The van der Waals surface area contributed by atoms with Crippen LogP contribution >= 0.6 is 0 Å². The molecule has 5 heteroatoms. The molecule has 5 nitrogen and oxygen atoms in total. The Balaban J connectivity index is 1.35. The second-order valence-electron chi connectivity index (χ2n) is 12.5. The molecule has 0 bridgehead atoms. The van der Waals surface area contributed by atoms with Crippen molar-refractivity contribution in [2.45, 2.75) is 0 Å². The third kappa shape index (κ3) is 2.82. The predicted molar refractivity (Wildman–Crippen MR) is 192 cm³/mol. The van der Waals surface area contributed by atoms with Gasteiger partial charge in [-0.2, -0.15) is 0 Å². The van der Waals surface area contributed by atoms with E-state index in [4.69, 9.17) is 14.4 Å². The van der Waals surface area contributed by atoms with E-state index in [1.807, 2.05) is 18.2 Å². The van der Waals surface area contributed by atoms with Gasteiger partial charge in [0.05, 0.1) is 44.0 Å². The maximum absolute atomic E-state index is 6.60. The zero-order chi connectivity index (χ0) is 30.4. The molecule has 7 aromatic carbocycles. The minimum absolute atomic E-state index is 0.813. The maximum atomic E-state index is 6.60. The van der Waals surface area contributed by atoms with Crippen molar-refractivity contribution in [1.82, 2.24) is 18.9 Å². The highest BCUT2D eigenvalue weighted by Crippen LogP contribution is 2.49. The van der Waals surface area contributed by atoms with Gasteiger partial charge in [-0.3, -0.25) is 4.57 Å². The second kappa shape index (κ2) is 8.22. The van der Waals surface area contributed by atoms with Gasteiger partial charge >= 0.3 is 0 Å². The van der Waals surface area contributed by atoms with E-state index in [1.54, 1.807) is 0 Å². The summed E-state index contributed by atoms with van der Waals surface area (Å²) in [6.07, 6.45) is 0. The summed E-state index contributed by atoms with van der Waals surface area (Å²) in [5, 5.41) is 9.49. The topological polar surface area (TPSA) is 48.3 Å². The van der Waals surface area contributed by atoms with Gasteiger partial charge in [0.1, 0.15) is 16.9 Å². The largest absolute Gasteiger partial charge is 0.456 e. The Labute approximate surface area is 266 Å². The number of benzene rings is 7. The molecule has 0 fully saturated rings. The van der Waals surface area contributed by atoms with Crippen molar-refractivity contribution in [3.63, 3.8) is 0 Å². The molecule has 0 N–H and O–H groups in total. The van der Waals surface area contributed by atoms with E-state index in [1.165, 1.54) is 38.0 Å². The molecule has 5 heterocycles. The van der Waals surface area contributed by atoms with E-state index in [0.717, 1.165) is 72.0 Å². The maximum Gasteiger partial charge on any atom is 0.165 e. The van der Waals surface area contributed by atoms with Gasteiger partial charge in [0, 0.05) is 32.5 Å². The molecule has 0 saturated heterocycles. The molecule has 0 aliphatic rings. The first-order valence-electron chi connectivity index (χ1n) is 15.9. The molecule has 12 aromatic rings. The van der Waals surface area contributed by atoms with Crippen molar-refractivity contribution >= 4 is 92.9 Å². The average Bonchev–Trinajstić information content (AvgIpc) is 3.75. The summed E-state index contributed by atoms with van der Waals surface area (Å²) < 4.78 is 11.4. The first-order valence-corrected chi connectivity index (χ1v) is 15.9. The smallest absolute Gasteiger partial charge is 0.165 e. The van der Waals surface area contributed by atoms with Crippen LogP contribution in [-0.2, 0) is 0 Å². The van der Waals surface area contributed by atoms with Gasteiger partial charge in [0.25, 0.3) is 0 Å². The zero-order valence-electron chi connectivity index (χ0n) is 24.9. The van der Waals surface area contributed by atoms with E-state index in [-0.39, 0.29) is 0 Å². The molecule has 0 atom stereocenters. The molecular formula is C42H22N4O. The van der Waals surface area contributed by atoms with Crippen LogP contribution in [0.3, 0.4) is 0 Å². The standard InChI is InChI=1S/C42H22N4O/c1-2-11-24-23(9-1)10-7-13-26(24)40-42(44-29-15-5-4-14-28(29)43-40)46-32-18-8-17-31-36(32)37-33(46)20-22-34-38(37)39-35(47-34)21-19-27-25-12-3-6-16-30(25)45(31)41(27)39/h1-22H. The van der Waals surface area contributed by atoms with Gasteiger partial charge in [-0.05, 0) is 65.4 Å². The quantitative estimate of drug-likeness (QED) is 0.199. The summed E-state index contributed by atoms with van der Waals surface area (Å²) in [6, 6.07) is 47.2. The van der Waals surface area contributed by atoms with E-state index in [0.29, 0.717) is 0 Å². The van der Waals surface area contributed by atoms with Crippen LogP contribution in [0.5, 0.6) is 0 Å². The molecule has 0 aliphatic carbocycles. The molecule has 47 heavy (non-hydrogen) atoms.